The van der Waals surface area contributed by atoms with Crippen LogP contribution < -0.4 is 4.72 Å². The minimum atomic E-state index is -3.57. The summed E-state index contributed by atoms with van der Waals surface area (Å²) in [6.07, 6.45) is 0. The van der Waals surface area contributed by atoms with Gasteiger partial charge >= 0.3 is 0 Å². The zero-order chi connectivity index (χ0) is 13.3. The van der Waals surface area contributed by atoms with Gasteiger partial charge in [-0.3, -0.25) is 4.72 Å². The van der Waals surface area contributed by atoms with Gasteiger partial charge in [0.1, 0.15) is 0 Å². The van der Waals surface area contributed by atoms with Crippen molar-refractivity contribution < 1.29 is 8.42 Å². The fourth-order valence-electron chi connectivity index (χ4n) is 1.32. The van der Waals surface area contributed by atoms with Gasteiger partial charge < -0.3 is 0 Å². The van der Waals surface area contributed by atoms with E-state index in [1.54, 1.807) is 24.3 Å². The summed E-state index contributed by atoms with van der Waals surface area (Å²) in [6.45, 7) is 3.76. The van der Waals surface area contributed by atoms with Gasteiger partial charge in [-0.25, -0.2) is 13.4 Å². The van der Waals surface area contributed by atoms with E-state index in [4.69, 9.17) is 0 Å². The lowest BCUT2D eigenvalue weighted by molar-refractivity contribution is 0.601. The number of hydrogen-bond acceptors (Lipinski definition) is 4. The Morgan fingerprint density at radius 2 is 2.06 bits per heavy atom. The first-order chi connectivity index (χ1) is 8.38. The van der Waals surface area contributed by atoms with Crippen LogP contribution in [-0.2, 0) is 10.0 Å². The number of nitrogens with one attached hydrogen (secondary N) is 1. The largest absolute Gasteiger partial charge is 0.263 e. The predicted molar refractivity (Wildman–Crippen MR) is 76.5 cm³/mol. The number of hydrogen-bond donors (Lipinski definition) is 1. The molecule has 4 nitrogen and oxygen atoms in total. The lowest BCUT2D eigenvalue weighted by atomic mass is 10.4. The van der Waals surface area contributed by atoms with Gasteiger partial charge in [0.05, 0.1) is 10.6 Å². The van der Waals surface area contributed by atoms with Gasteiger partial charge in [-0.1, -0.05) is 22.0 Å². The van der Waals surface area contributed by atoms with E-state index < -0.39 is 10.0 Å². The van der Waals surface area contributed by atoms with E-state index in [2.05, 4.69) is 25.6 Å². The minimum absolute atomic E-state index is 0.211. The number of sulfonamides is 1. The quantitative estimate of drug-likeness (QED) is 0.927. The molecule has 1 aromatic carbocycles. The Bertz CT molecular complexity index is 661. The van der Waals surface area contributed by atoms with Gasteiger partial charge in [0.15, 0.2) is 5.13 Å². The van der Waals surface area contributed by atoms with Crippen molar-refractivity contribution in [3.63, 3.8) is 0 Å². The van der Waals surface area contributed by atoms with Crippen molar-refractivity contribution in [2.45, 2.75) is 18.7 Å². The molecule has 18 heavy (non-hydrogen) atoms. The van der Waals surface area contributed by atoms with Gasteiger partial charge in [0.2, 0.25) is 0 Å². The van der Waals surface area contributed by atoms with E-state index >= 15 is 0 Å². The van der Waals surface area contributed by atoms with Crippen LogP contribution in [0.3, 0.4) is 0 Å². The van der Waals surface area contributed by atoms with E-state index in [-0.39, 0.29) is 4.90 Å². The first-order valence-electron chi connectivity index (χ1n) is 5.11. The van der Waals surface area contributed by atoms with Crippen molar-refractivity contribution in [2.24, 2.45) is 0 Å². The zero-order valence-electron chi connectivity index (χ0n) is 9.77. The highest BCUT2D eigenvalue weighted by Crippen LogP contribution is 2.24. The molecule has 1 heterocycles. The zero-order valence-corrected chi connectivity index (χ0v) is 13.0. The number of nitrogens with zero attached hydrogens (tertiary/aromatic N) is 1. The van der Waals surface area contributed by atoms with E-state index in [1.165, 1.54) is 11.3 Å². The third kappa shape index (κ3) is 2.90. The molecule has 0 aliphatic heterocycles. The highest BCUT2D eigenvalue weighted by Gasteiger charge is 2.16. The smallest absolute Gasteiger partial charge is 0.255 e. The summed E-state index contributed by atoms with van der Waals surface area (Å²) in [5.41, 5.74) is 0.840. The van der Waals surface area contributed by atoms with E-state index in [9.17, 15) is 8.42 Å². The number of anilines is 1. The second-order valence-corrected chi connectivity index (χ2v) is 7.52. The van der Waals surface area contributed by atoms with Crippen molar-refractivity contribution >= 4 is 42.4 Å². The van der Waals surface area contributed by atoms with Gasteiger partial charge in [0.25, 0.3) is 10.0 Å². The van der Waals surface area contributed by atoms with Gasteiger partial charge in [-0.05, 0) is 32.0 Å². The fourth-order valence-corrected chi connectivity index (χ4v) is 3.97. The first kappa shape index (κ1) is 13.5. The molecule has 0 aliphatic carbocycles. The Morgan fingerprint density at radius 3 is 2.61 bits per heavy atom. The maximum absolute atomic E-state index is 12.1. The van der Waals surface area contributed by atoms with Crippen LogP contribution in [0.2, 0.25) is 0 Å². The molecule has 1 aromatic heterocycles. The molecule has 96 valence electrons. The van der Waals surface area contributed by atoms with Crippen molar-refractivity contribution in [1.29, 1.82) is 0 Å². The summed E-state index contributed by atoms with van der Waals surface area (Å²) in [5, 5.41) is 0.393. The highest BCUT2D eigenvalue weighted by molar-refractivity contribution is 9.10. The average Bonchev–Trinajstić information content (AvgIpc) is 2.57. The Balaban J connectivity index is 2.33. The molecule has 0 atom stereocenters. The lowest BCUT2D eigenvalue weighted by Crippen LogP contribution is -2.12. The Kier molecular flexibility index (Phi) is 3.74. The Hall–Kier alpha value is -0.920. The molecule has 2 rings (SSSR count). The van der Waals surface area contributed by atoms with Crippen LogP contribution in [0.1, 0.15) is 10.6 Å². The second kappa shape index (κ2) is 4.99. The SMILES string of the molecule is Cc1nc(NS(=O)(=O)c2cccc(Br)c2)sc1C. The summed E-state index contributed by atoms with van der Waals surface area (Å²) >= 11 is 4.58. The molecular weight excluding hydrogens is 336 g/mol. The molecule has 0 spiro atoms. The summed E-state index contributed by atoms with van der Waals surface area (Å²) in [6, 6.07) is 6.55. The summed E-state index contributed by atoms with van der Waals surface area (Å²) in [5.74, 6) is 0. The molecule has 0 fully saturated rings. The molecule has 0 amide bonds. The number of aromatic nitrogens is 1. The number of benzene rings is 1. The lowest BCUT2D eigenvalue weighted by Gasteiger charge is -2.05. The van der Waals surface area contributed by atoms with Gasteiger partial charge in [-0.15, -0.1) is 11.3 Å². The van der Waals surface area contributed by atoms with Crippen LogP contribution in [-0.4, -0.2) is 13.4 Å². The number of halogens is 1. The van der Waals surface area contributed by atoms with Gasteiger partial charge in [-0.2, -0.15) is 0 Å². The molecule has 0 saturated carbocycles. The van der Waals surface area contributed by atoms with Crippen molar-refractivity contribution in [1.82, 2.24) is 4.98 Å². The van der Waals surface area contributed by atoms with Crippen LogP contribution >= 0.6 is 27.3 Å². The highest BCUT2D eigenvalue weighted by atomic mass is 79.9. The monoisotopic (exact) mass is 346 g/mol. The van der Waals surface area contributed by atoms with Crippen LogP contribution in [0.15, 0.2) is 33.6 Å². The predicted octanol–water partition coefficient (Wildman–Crippen LogP) is 3.32. The topological polar surface area (TPSA) is 59.1 Å². The maximum Gasteiger partial charge on any atom is 0.263 e. The van der Waals surface area contributed by atoms with E-state index in [0.717, 1.165) is 15.0 Å². The normalized spacial score (nSPS) is 11.5. The molecule has 7 heteroatoms. The Labute approximate surface area is 118 Å². The summed E-state index contributed by atoms with van der Waals surface area (Å²) in [7, 11) is -3.57. The number of rotatable bonds is 3. The van der Waals surface area contributed by atoms with Crippen molar-refractivity contribution in [3.05, 3.63) is 39.3 Å². The van der Waals surface area contributed by atoms with Crippen LogP contribution in [0.25, 0.3) is 0 Å². The number of aryl methyl sites for hydroxylation is 2. The van der Waals surface area contributed by atoms with Gasteiger partial charge in [0, 0.05) is 9.35 Å². The minimum Gasteiger partial charge on any atom is -0.255 e. The molecule has 0 radical (unpaired) electrons. The molecule has 0 unspecified atom stereocenters. The van der Waals surface area contributed by atoms with E-state index in [0.29, 0.717) is 5.13 Å². The molecule has 2 aromatic rings. The Morgan fingerprint density at radius 1 is 1.33 bits per heavy atom. The van der Waals surface area contributed by atoms with Crippen molar-refractivity contribution in [3.8, 4) is 0 Å². The second-order valence-electron chi connectivity index (χ2n) is 3.72. The molecule has 0 aliphatic rings. The fraction of sp³-hybridized carbons (Fsp3) is 0.182. The number of thiazole rings is 1. The summed E-state index contributed by atoms with van der Waals surface area (Å²) < 4.78 is 27.4. The molecular formula is C11H11BrN2O2S2. The van der Waals surface area contributed by atoms with Crippen LogP contribution in [0.5, 0.6) is 0 Å². The summed E-state index contributed by atoms with van der Waals surface area (Å²) in [4.78, 5) is 5.37. The maximum atomic E-state index is 12.1. The third-order valence-corrected chi connectivity index (χ3v) is 5.30. The molecule has 1 N–H and O–H groups in total. The molecule has 0 saturated heterocycles. The third-order valence-electron chi connectivity index (χ3n) is 2.36. The first-order valence-corrected chi connectivity index (χ1v) is 8.20. The van der Waals surface area contributed by atoms with E-state index in [1.807, 2.05) is 13.8 Å². The van der Waals surface area contributed by atoms with Crippen molar-refractivity contribution in [2.75, 3.05) is 4.72 Å². The average molecular weight is 347 g/mol. The van der Waals surface area contributed by atoms with Crippen LogP contribution in [0.4, 0.5) is 5.13 Å². The van der Waals surface area contributed by atoms with Crippen LogP contribution in [0, 0.1) is 13.8 Å². The molecule has 0 bridgehead atoms. The standard InChI is InChI=1S/C11H11BrN2O2S2/c1-7-8(2)17-11(13-7)14-18(15,16)10-5-3-4-9(12)6-10/h3-6H,1-2H3,(H,13,14).